The van der Waals surface area contributed by atoms with Gasteiger partial charge in [0.05, 0.1) is 20.8 Å². The summed E-state index contributed by atoms with van der Waals surface area (Å²) in [5, 5.41) is 23.6. The molecular formula is C22H16N4O6S2. The minimum absolute atomic E-state index is 0.123. The minimum Gasteiger partial charge on any atom is -0.450 e. The highest BCUT2D eigenvalue weighted by Crippen LogP contribution is 2.35. The van der Waals surface area contributed by atoms with E-state index in [4.69, 9.17) is 17.0 Å². The van der Waals surface area contributed by atoms with Crippen molar-refractivity contribution in [2.45, 2.75) is 13.8 Å². The lowest BCUT2D eigenvalue weighted by Gasteiger charge is -2.20. The zero-order valence-corrected chi connectivity index (χ0v) is 19.5. The molecule has 1 amide bonds. The quantitative estimate of drug-likeness (QED) is 0.196. The number of hydrogen-bond acceptors (Lipinski definition) is 8. The number of nitro groups is 2. The maximum atomic E-state index is 13.0. The van der Waals surface area contributed by atoms with Crippen molar-refractivity contribution in [3.8, 4) is 11.5 Å². The number of non-ortho nitro benzene ring substituents is 1. The van der Waals surface area contributed by atoms with Crippen LogP contribution in [0.25, 0.3) is 6.08 Å². The molecule has 1 fully saturated rings. The molecule has 1 aromatic heterocycles. The van der Waals surface area contributed by atoms with E-state index in [1.54, 1.807) is 35.0 Å². The number of aromatic nitrogens is 1. The zero-order valence-electron chi connectivity index (χ0n) is 17.8. The van der Waals surface area contributed by atoms with Gasteiger partial charge in [0.25, 0.3) is 11.6 Å². The maximum Gasteiger partial charge on any atom is 0.318 e. The molecule has 0 radical (unpaired) electrons. The second-order valence-corrected chi connectivity index (χ2v) is 8.93. The number of thiocarbonyl (C=S) groups is 1. The Hall–Kier alpha value is -4.03. The number of nitrogens with zero attached hydrogens (tertiary/aromatic N) is 4. The number of rotatable bonds is 6. The van der Waals surface area contributed by atoms with Crippen LogP contribution in [0.3, 0.4) is 0 Å². The summed E-state index contributed by atoms with van der Waals surface area (Å²) in [5.41, 5.74) is 1.55. The molecule has 34 heavy (non-hydrogen) atoms. The van der Waals surface area contributed by atoms with Gasteiger partial charge in [-0.25, -0.2) is 0 Å². The smallest absolute Gasteiger partial charge is 0.318 e. The van der Waals surface area contributed by atoms with Crippen LogP contribution >= 0.6 is 24.0 Å². The molecule has 2 heterocycles. The first-order valence-electron chi connectivity index (χ1n) is 9.79. The second kappa shape index (κ2) is 9.08. The summed E-state index contributed by atoms with van der Waals surface area (Å²) in [6.45, 7) is 3.78. The molecule has 4 rings (SSSR count). The Morgan fingerprint density at radius 2 is 1.62 bits per heavy atom. The molecule has 172 valence electrons. The molecule has 10 nitrogen and oxygen atoms in total. The summed E-state index contributed by atoms with van der Waals surface area (Å²) in [7, 11) is 0. The first kappa shape index (κ1) is 23.1. The number of nitro benzene ring substituents is 2. The third-order valence-corrected chi connectivity index (χ3v) is 6.25. The van der Waals surface area contributed by atoms with Gasteiger partial charge in [-0.1, -0.05) is 23.9 Å². The molecule has 0 unspecified atom stereocenters. The molecule has 0 saturated carbocycles. The second-order valence-electron chi connectivity index (χ2n) is 7.26. The number of carbonyl (C=O) groups excluding carboxylic acids is 1. The van der Waals surface area contributed by atoms with E-state index in [0.717, 1.165) is 23.5 Å². The van der Waals surface area contributed by atoms with Gasteiger partial charge in [-0.05, 0) is 68.0 Å². The molecule has 0 atom stereocenters. The molecule has 0 spiro atoms. The monoisotopic (exact) mass is 496 g/mol. The van der Waals surface area contributed by atoms with Crippen molar-refractivity contribution in [3.05, 3.63) is 96.7 Å². The zero-order chi connectivity index (χ0) is 24.6. The summed E-state index contributed by atoms with van der Waals surface area (Å²) in [5.74, 6) is -0.0684. The van der Waals surface area contributed by atoms with Crippen molar-refractivity contribution in [2.75, 3.05) is 5.01 Å². The van der Waals surface area contributed by atoms with E-state index in [-0.39, 0.29) is 11.7 Å². The van der Waals surface area contributed by atoms with E-state index in [1.165, 1.54) is 22.8 Å². The lowest BCUT2D eigenvalue weighted by atomic mass is 10.2. The molecule has 1 saturated heterocycles. The summed E-state index contributed by atoms with van der Waals surface area (Å²) in [4.78, 5) is 34.2. The van der Waals surface area contributed by atoms with Crippen molar-refractivity contribution in [1.82, 2.24) is 4.68 Å². The normalized spacial score (nSPS) is 14.6. The van der Waals surface area contributed by atoms with Crippen LogP contribution in [0.5, 0.6) is 11.5 Å². The molecule has 0 bridgehead atoms. The largest absolute Gasteiger partial charge is 0.450 e. The van der Waals surface area contributed by atoms with E-state index in [1.807, 2.05) is 26.0 Å². The molecule has 3 aromatic rings. The van der Waals surface area contributed by atoms with E-state index >= 15 is 0 Å². The van der Waals surface area contributed by atoms with Crippen LogP contribution in [0.4, 0.5) is 11.4 Å². The summed E-state index contributed by atoms with van der Waals surface area (Å²) < 4.78 is 7.76. The fourth-order valence-corrected chi connectivity index (χ4v) is 4.61. The number of hydrogen-bond donors (Lipinski definition) is 0. The van der Waals surface area contributed by atoms with Crippen LogP contribution in [-0.2, 0) is 4.79 Å². The van der Waals surface area contributed by atoms with Crippen LogP contribution in [-0.4, -0.2) is 24.8 Å². The van der Waals surface area contributed by atoms with E-state index in [0.29, 0.717) is 20.5 Å². The van der Waals surface area contributed by atoms with E-state index in [9.17, 15) is 25.0 Å². The van der Waals surface area contributed by atoms with Gasteiger partial charge in [0.15, 0.2) is 4.32 Å². The van der Waals surface area contributed by atoms with Crippen molar-refractivity contribution in [2.24, 2.45) is 0 Å². The van der Waals surface area contributed by atoms with Gasteiger partial charge < -0.3 is 4.74 Å². The number of aryl methyl sites for hydroxylation is 2. The molecule has 1 aliphatic heterocycles. The average Bonchev–Trinajstić information content (AvgIpc) is 3.26. The lowest BCUT2D eigenvalue weighted by molar-refractivity contribution is -0.394. The molecule has 1 aliphatic rings. The van der Waals surface area contributed by atoms with Crippen LogP contribution in [0.1, 0.15) is 17.0 Å². The Bertz CT molecular complexity index is 1360. The average molecular weight is 497 g/mol. The van der Waals surface area contributed by atoms with Crippen molar-refractivity contribution < 1.29 is 19.4 Å². The number of benzene rings is 2. The SMILES string of the molecule is Cc1ccc(C)n1N1C(=O)/C(=C\c2ccc(Oc3ccc([N+](=O)[O-])cc3[N+](=O)[O-])cc2)SC1=S. The minimum atomic E-state index is -0.743. The fraction of sp³-hybridized carbons (Fsp3) is 0.0909. The number of thioether (sulfide) groups is 1. The van der Waals surface area contributed by atoms with Gasteiger partial charge in [-0.3, -0.25) is 29.7 Å². The predicted octanol–water partition coefficient (Wildman–Crippen LogP) is 5.25. The Labute approximate surface area is 202 Å². The van der Waals surface area contributed by atoms with Gasteiger partial charge in [0.2, 0.25) is 5.75 Å². The maximum absolute atomic E-state index is 13.0. The summed E-state index contributed by atoms with van der Waals surface area (Å²) >= 11 is 6.61. The summed E-state index contributed by atoms with van der Waals surface area (Å²) in [6.07, 6.45) is 1.70. The number of carbonyl (C=O) groups is 1. The molecule has 0 N–H and O–H groups in total. The van der Waals surface area contributed by atoms with Gasteiger partial charge in [-0.15, -0.1) is 0 Å². The van der Waals surface area contributed by atoms with Crippen LogP contribution in [0.15, 0.2) is 59.5 Å². The first-order chi connectivity index (χ1) is 16.2. The van der Waals surface area contributed by atoms with Gasteiger partial charge in [0.1, 0.15) is 5.75 Å². The van der Waals surface area contributed by atoms with Crippen molar-refractivity contribution in [3.63, 3.8) is 0 Å². The van der Waals surface area contributed by atoms with Gasteiger partial charge >= 0.3 is 5.69 Å². The Balaban J connectivity index is 1.55. The fourth-order valence-electron chi connectivity index (χ4n) is 3.37. The van der Waals surface area contributed by atoms with E-state index in [2.05, 4.69) is 0 Å². The lowest BCUT2D eigenvalue weighted by Crippen LogP contribution is -2.39. The van der Waals surface area contributed by atoms with Crippen LogP contribution in [0, 0.1) is 34.1 Å². The van der Waals surface area contributed by atoms with Gasteiger partial charge in [-0.2, -0.15) is 5.01 Å². The standard InChI is InChI=1S/C22H16N4O6S2/c1-13-3-4-14(2)23(13)24-21(27)20(34-22(24)33)11-15-5-8-17(9-6-15)32-19-10-7-16(25(28)29)12-18(19)26(30)31/h3-12H,1-2H3/b20-11+. The first-order valence-corrected chi connectivity index (χ1v) is 11.0. The predicted molar refractivity (Wildman–Crippen MR) is 132 cm³/mol. The Morgan fingerprint density at radius 1 is 0.971 bits per heavy atom. The van der Waals surface area contributed by atoms with Crippen LogP contribution in [0.2, 0.25) is 0 Å². The topological polar surface area (TPSA) is 121 Å². The molecular weight excluding hydrogens is 480 g/mol. The third kappa shape index (κ3) is 4.40. The van der Waals surface area contributed by atoms with Crippen molar-refractivity contribution >= 4 is 51.7 Å². The Kier molecular flexibility index (Phi) is 6.18. The molecule has 2 aromatic carbocycles. The Morgan fingerprint density at radius 3 is 2.21 bits per heavy atom. The number of amides is 1. The van der Waals surface area contributed by atoms with Gasteiger partial charge in [0, 0.05) is 17.5 Å². The van der Waals surface area contributed by atoms with Crippen LogP contribution < -0.4 is 9.75 Å². The summed E-state index contributed by atoms with van der Waals surface area (Å²) in [6, 6.07) is 13.5. The molecule has 0 aliphatic carbocycles. The number of ether oxygens (including phenoxy) is 1. The van der Waals surface area contributed by atoms with E-state index < -0.39 is 21.2 Å². The highest BCUT2D eigenvalue weighted by atomic mass is 32.2. The molecule has 12 heteroatoms. The third-order valence-electron chi connectivity index (χ3n) is 4.96. The highest BCUT2D eigenvalue weighted by molar-refractivity contribution is 8.27. The highest BCUT2D eigenvalue weighted by Gasteiger charge is 2.34. The van der Waals surface area contributed by atoms with Crippen molar-refractivity contribution in [1.29, 1.82) is 0 Å².